The Kier molecular flexibility index (Phi) is 5.64. The standard InChI is InChI=1S/C15H29N3O/c1-18(2)15(19)9-11-17-14-8-5-6-12(14)13-7-3-4-10-16-13/h12-14,16-17H,3-11H2,1-2H3. The van der Waals surface area contributed by atoms with Crippen LogP contribution in [0.1, 0.15) is 44.9 Å². The van der Waals surface area contributed by atoms with E-state index in [9.17, 15) is 4.79 Å². The predicted octanol–water partition coefficient (Wildman–Crippen LogP) is 1.37. The molecule has 3 unspecified atom stereocenters. The van der Waals surface area contributed by atoms with E-state index in [4.69, 9.17) is 0 Å². The van der Waals surface area contributed by atoms with Crippen LogP contribution < -0.4 is 10.6 Å². The van der Waals surface area contributed by atoms with Gasteiger partial charge in [0.2, 0.25) is 5.91 Å². The monoisotopic (exact) mass is 267 g/mol. The molecular formula is C15H29N3O. The van der Waals surface area contributed by atoms with Gasteiger partial charge in [0, 0.05) is 39.1 Å². The number of carbonyl (C=O) groups excluding carboxylic acids is 1. The van der Waals surface area contributed by atoms with E-state index >= 15 is 0 Å². The van der Waals surface area contributed by atoms with Gasteiger partial charge < -0.3 is 15.5 Å². The molecule has 4 heteroatoms. The molecular weight excluding hydrogens is 238 g/mol. The van der Waals surface area contributed by atoms with Crippen LogP contribution in [0.4, 0.5) is 0 Å². The van der Waals surface area contributed by atoms with Crippen molar-refractivity contribution in [1.82, 2.24) is 15.5 Å². The summed E-state index contributed by atoms with van der Waals surface area (Å²) in [6.07, 6.45) is 8.62. The molecule has 3 atom stereocenters. The second-order valence-corrected chi connectivity index (χ2v) is 6.25. The largest absolute Gasteiger partial charge is 0.349 e. The molecule has 0 spiro atoms. The van der Waals surface area contributed by atoms with Crippen LogP contribution in [0.3, 0.4) is 0 Å². The van der Waals surface area contributed by atoms with E-state index in [0.717, 1.165) is 12.5 Å². The Balaban J connectivity index is 1.74. The van der Waals surface area contributed by atoms with Crippen molar-refractivity contribution in [3.63, 3.8) is 0 Å². The highest BCUT2D eigenvalue weighted by Gasteiger charge is 2.33. The van der Waals surface area contributed by atoms with Crippen molar-refractivity contribution in [1.29, 1.82) is 0 Å². The normalized spacial score (nSPS) is 31.4. The molecule has 4 nitrogen and oxygen atoms in total. The number of nitrogens with one attached hydrogen (secondary N) is 2. The van der Waals surface area contributed by atoms with Crippen LogP contribution in [0, 0.1) is 5.92 Å². The van der Waals surface area contributed by atoms with Crippen molar-refractivity contribution in [3.05, 3.63) is 0 Å². The first-order valence-electron chi connectivity index (χ1n) is 7.85. The molecule has 0 bridgehead atoms. The number of amides is 1. The highest BCUT2D eigenvalue weighted by Crippen LogP contribution is 2.31. The highest BCUT2D eigenvalue weighted by molar-refractivity contribution is 5.75. The van der Waals surface area contributed by atoms with Crippen LogP contribution in [0.5, 0.6) is 0 Å². The molecule has 110 valence electrons. The van der Waals surface area contributed by atoms with Gasteiger partial charge in [0.1, 0.15) is 0 Å². The molecule has 2 aliphatic rings. The van der Waals surface area contributed by atoms with E-state index in [1.807, 2.05) is 14.1 Å². The van der Waals surface area contributed by atoms with Gasteiger partial charge in [0.05, 0.1) is 0 Å². The summed E-state index contributed by atoms with van der Waals surface area (Å²) in [6, 6.07) is 1.32. The Bertz CT molecular complexity index is 287. The third-order valence-electron chi connectivity index (χ3n) is 4.68. The third kappa shape index (κ3) is 4.18. The maximum absolute atomic E-state index is 11.6. The van der Waals surface area contributed by atoms with Crippen molar-refractivity contribution in [2.24, 2.45) is 5.92 Å². The zero-order valence-electron chi connectivity index (χ0n) is 12.5. The van der Waals surface area contributed by atoms with E-state index in [-0.39, 0.29) is 5.91 Å². The van der Waals surface area contributed by atoms with Crippen LogP contribution in [0.2, 0.25) is 0 Å². The lowest BCUT2D eigenvalue weighted by Gasteiger charge is -2.33. The van der Waals surface area contributed by atoms with Crippen LogP contribution in [0.15, 0.2) is 0 Å². The summed E-state index contributed by atoms with van der Waals surface area (Å²) in [5.41, 5.74) is 0. The quantitative estimate of drug-likeness (QED) is 0.790. The first-order valence-corrected chi connectivity index (χ1v) is 7.85. The smallest absolute Gasteiger partial charge is 0.223 e. The van der Waals surface area contributed by atoms with Crippen molar-refractivity contribution in [2.45, 2.75) is 57.0 Å². The van der Waals surface area contributed by atoms with Crippen LogP contribution >= 0.6 is 0 Å². The van der Waals surface area contributed by atoms with Gasteiger partial charge in [-0.1, -0.05) is 12.8 Å². The van der Waals surface area contributed by atoms with Crippen molar-refractivity contribution >= 4 is 5.91 Å². The molecule has 1 aliphatic carbocycles. The number of hydrogen-bond donors (Lipinski definition) is 2. The molecule has 19 heavy (non-hydrogen) atoms. The summed E-state index contributed by atoms with van der Waals surface area (Å²) < 4.78 is 0. The Hall–Kier alpha value is -0.610. The van der Waals surface area contributed by atoms with Crippen LogP contribution in [0.25, 0.3) is 0 Å². The van der Waals surface area contributed by atoms with Gasteiger partial charge in [-0.3, -0.25) is 4.79 Å². The number of rotatable bonds is 5. The average Bonchev–Trinajstić information content (AvgIpc) is 2.88. The average molecular weight is 267 g/mol. The Morgan fingerprint density at radius 2 is 2.05 bits per heavy atom. The van der Waals surface area contributed by atoms with Crippen molar-refractivity contribution in [3.8, 4) is 0 Å². The van der Waals surface area contributed by atoms with Gasteiger partial charge in [-0.15, -0.1) is 0 Å². The third-order valence-corrected chi connectivity index (χ3v) is 4.68. The Morgan fingerprint density at radius 1 is 1.21 bits per heavy atom. The summed E-state index contributed by atoms with van der Waals surface area (Å²) in [5, 5.41) is 7.32. The first-order chi connectivity index (χ1) is 9.18. The number of hydrogen-bond acceptors (Lipinski definition) is 3. The minimum atomic E-state index is 0.220. The van der Waals surface area contributed by atoms with Crippen molar-refractivity contribution < 1.29 is 4.79 Å². The Labute approximate surface area is 117 Å². The molecule has 2 rings (SSSR count). The lowest BCUT2D eigenvalue weighted by atomic mass is 9.88. The number of nitrogens with zero attached hydrogens (tertiary/aromatic N) is 1. The fraction of sp³-hybridized carbons (Fsp3) is 0.933. The zero-order chi connectivity index (χ0) is 13.7. The number of carbonyl (C=O) groups is 1. The molecule has 2 N–H and O–H groups in total. The molecule has 0 aromatic rings. The first kappa shape index (κ1) is 14.8. The molecule has 1 saturated carbocycles. The van der Waals surface area contributed by atoms with Crippen LogP contribution in [-0.4, -0.2) is 50.1 Å². The molecule has 0 radical (unpaired) electrons. The molecule has 1 saturated heterocycles. The lowest BCUT2D eigenvalue weighted by molar-refractivity contribution is -0.128. The fourth-order valence-corrected chi connectivity index (χ4v) is 3.56. The topological polar surface area (TPSA) is 44.4 Å². The van der Waals surface area contributed by atoms with Gasteiger partial charge in [-0.05, 0) is 38.1 Å². The molecule has 2 fully saturated rings. The fourth-order valence-electron chi connectivity index (χ4n) is 3.56. The summed E-state index contributed by atoms with van der Waals surface area (Å²) in [7, 11) is 3.65. The number of piperidine rings is 1. The van der Waals surface area contributed by atoms with Gasteiger partial charge >= 0.3 is 0 Å². The Morgan fingerprint density at radius 3 is 2.74 bits per heavy atom. The van der Waals surface area contributed by atoms with E-state index in [1.54, 1.807) is 4.90 Å². The molecule has 0 aromatic carbocycles. The second-order valence-electron chi connectivity index (χ2n) is 6.25. The van der Waals surface area contributed by atoms with Crippen molar-refractivity contribution in [2.75, 3.05) is 27.2 Å². The van der Waals surface area contributed by atoms with E-state index in [0.29, 0.717) is 18.5 Å². The molecule has 1 aliphatic heterocycles. The van der Waals surface area contributed by atoms with Gasteiger partial charge in [0.15, 0.2) is 0 Å². The van der Waals surface area contributed by atoms with Gasteiger partial charge in [0.25, 0.3) is 0 Å². The maximum Gasteiger partial charge on any atom is 0.223 e. The summed E-state index contributed by atoms with van der Waals surface area (Å²) in [5.74, 6) is 0.993. The van der Waals surface area contributed by atoms with E-state index < -0.39 is 0 Å². The summed E-state index contributed by atoms with van der Waals surface area (Å²) in [6.45, 7) is 2.01. The molecule has 1 heterocycles. The minimum absolute atomic E-state index is 0.220. The van der Waals surface area contributed by atoms with Gasteiger partial charge in [-0.25, -0.2) is 0 Å². The molecule has 0 aromatic heterocycles. The lowest BCUT2D eigenvalue weighted by Crippen LogP contribution is -2.47. The van der Waals surface area contributed by atoms with Crippen LogP contribution in [-0.2, 0) is 4.79 Å². The van der Waals surface area contributed by atoms with E-state index in [1.165, 1.54) is 45.1 Å². The second kappa shape index (κ2) is 7.25. The summed E-state index contributed by atoms with van der Waals surface area (Å²) in [4.78, 5) is 13.3. The molecule has 1 amide bonds. The predicted molar refractivity (Wildman–Crippen MR) is 78.1 cm³/mol. The minimum Gasteiger partial charge on any atom is -0.349 e. The van der Waals surface area contributed by atoms with E-state index in [2.05, 4.69) is 10.6 Å². The SMILES string of the molecule is CN(C)C(=O)CCNC1CCCC1C1CCCCN1. The summed E-state index contributed by atoms with van der Waals surface area (Å²) >= 11 is 0. The highest BCUT2D eigenvalue weighted by atomic mass is 16.2. The zero-order valence-corrected chi connectivity index (χ0v) is 12.5. The maximum atomic E-state index is 11.6. The van der Waals surface area contributed by atoms with Gasteiger partial charge in [-0.2, -0.15) is 0 Å².